The van der Waals surface area contributed by atoms with Crippen molar-refractivity contribution >= 4 is 51.3 Å². The van der Waals surface area contributed by atoms with Gasteiger partial charge in [0.05, 0.1) is 34.9 Å². The van der Waals surface area contributed by atoms with Gasteiger partial charge in [0, 0.05) is 5.56 Å². The fraction of sp³-hybridized carbons (Fsp3) is 0.0526. The van der Waals surface area contributed by atoms with Crippen molar-refractivity contribution in [1.29, 1.82) is 0 Å². The van der Waals surface area contributed by atoms with Gasteiger partial charge in [-0.2, -0.15) is 0 Å². The van der Waals surface area contributed by atoms with E-state index in [2.05, 4.69) is 15.3 Å². The Kier molecular flexibility index (Phi) is 4.40. The summed E-state index contributed by atoms with van der Waals surface area (Å²) < 4.78 is 5.95. The average Bonchev–Trinajstić information content (AvgIpc) is 2.98. The van der Waals surface area contributed by atoms with Gasteiger partial charge in [0.15, 0.2) is 0 Å². The van der Waals surface area contributed by atoms with Gasteiger partial charge in [-0.15, -0.1) is 0 Å². The van der Waals surface area contributed by atoms with E-state index < -0.39 is 0 Å². The zero-order chi connectivity index (χ0) is 18.1. The van der Waals surface area contributed by atoms with E-state index in [1.165, 1.54) is 11.8 Å². The second kappa shape index (κ2) is 6.86. The van der Waals surface area contributed by atoms with Crippen LogP contribution in [-0.2, 0) is 4.79 Å². The van der Waals surface area contributed by atoms with Crippen molar-refractivity contribution in [1.82, 2.24) is 15.3 Å². The van der Waals surface area contributed by atoms with Gasteiger partial charge < -0.3 is 10.1 Å². The zero-order valence-corrected chi connectivity index (χ0v) is 15.4. The molecule has 1 aliphatic heterocycles. The van der Waals surface area contributed by atoms with Crippen molar-refractivity contribution in [3.05, 3.63) is 59.1 Å². The number of hydrogen-bond donors (Lipinski definition) is 1. The number of hydrogen-bond acceptors (Lipinski definition) is 6. The maximum Gasteiger partial charge on any atom is 0.263 e. The summed E-state index contributed by atoms with van der Waals surface area (Å²) in [6.07, 6.45) is 3.53. The van der Waals surface area contributed by atoms with Gasteiger partial charge in [0.2, 0.25) is 0 Å². The van der Waals surface area contributed by atoms with Gasteiger partial charge in [-0.25, -0.2) is 4.98 Å². The summed E-state index contributed by atoms with van der Waals surface area (Å²) in [6.45, 7) is 0. The van der Waals surface area contributed by atoms with E-state index in [-0.39, 0.29) is 5.91 Å². The highest BCUT2D eigenvalue weighted by atomic mass is 32.2. The third-order valence-electron chi connectivity index (χ3n) is 3.89. The van der Waals surface area contributed by atoms with Crippen LogP contribution in [0.4, 0.5) is 0 Å². The molecule has 1 N–H and O–H groups in total. The lowest BCUT2D eigenvalue weighted by atomic mass is 10.1. The van der Waals surface area contributed by atoms with Gasteiger partial charge in [0.25, 0.3) is 5.91 Å². The number of carbonyl (C=O) groups is 1. The number of thioether (sulfide) groups is 1. The topological polar surface area (TPSA) is 64.1 Å². The van der Waals surface area contributed by atoms with E-state index in [1.807, 2.05) is 42.5 Å². The number of fused-ring (bicyclic) bond motifs is 1. The Labute approximate surface area is 159 Å². The van der Waals surface area contributed by atoms with Crippen LogP contribution in [0.5, 0.6) is 5.75 Å². The van der Waals surface area contributed by atoms with Crippen LogP contribution in [0.15, 0.2) is 53.6 Å². The monoisotopic (exact) mass is 379 g/mol. The number of ether oxygens (including phenoxy) is 1. The molecule has 1 fully saturated rings. The van der Waals surface area contributed by atoms with Crippen LogP contribution in [0.1, 0.15) is 5.56 Å². The normalized spacial score (nSPS) is 15.5. The third-order valence-corrected chi connectivity index (χ3v) is 5.05. The van der Waals surface area contributed by atoms with Crippen LogP contribution in [0.25, 0.3) is 28.4 Å². The Balaban J connectivity index is 1.80. The summed E-state index contributed by atoms with van der Waals surface area (Å²) >= 11 is 6.28. The second-order valence-corrected chi connectivity index (χ2v) is 7.27. The fourth-order valence-electron chi connectivity index (χ4n) is 2.67. The summed E-state index contributed by atoms with van der Waals surface area (Å²) in [5.41, 5.74) is 4.02. The molecular weight excluding hydrogens is 366 g/mol. The maximum absolute atomic E-state index is 11.9. The minimum absolute atomic E-state index is 0.178. The highest BCUT2D eigenvalue weighted by Crippen LogP contribution is 2.32. The van der Waals surface area contributed by atoms with E-state index in [9.17, 15) is 4.79 Å². The van der Waals surface area contributed by atoms with Crippen molar-refractivity contribution < 1.29 is 9.53 Å². The molecule has 0 unspecified atom stereocenters. The number of benzene rings is 2. The van der Waals surface area contributed by atoms with Gasteiger partial charge in [-0.1, -0.05) is 42.2 Å². The quantitative estimate of drug-likeness (QED) is 0.552. The number of nitrogens with one attached hydrogen (secondary N) is 1. The van der Waals surface area contributed by atoms with E-state index in [0.29, 0.717) is 20.7 Å². The zero-order valence-electron chi connectivity index (χ0n) is 13.7. The first kappa shape index (κ1) is 16.7. The first-order chi connectivity index (χ1) is 12.6. The number of rotatable bonds is 3. The first-order valence-corrected chi connectivity index (χ1v) is 9.01. The number of nitrogens with zero attached hydrogens (tertiary/aromatic N) is 2. The highest BCUT2D eigenvalue weighted by molar-refractivity contribution is 8.26. The lowest BCUT2D eigenvalue weighted by Gasteiger charge is -2.10. The molecule has 0 atom stereocenters. The van der Waals surface area contributed by atoms with Crippen LogP contribution >= 0.6 is 24.0 Å². The summed E-state index contributed by atoms with van der Waals surface area (Å²) in [4.78, 5) is 21.6. The number of para-hydroxylation sites is 2. The molecule has 0 spiro atoms. The van der Waals surface area contributed by atoms with Gasteiger partial charge in [-0.05, 0) is 35.9 Å². The standard InChI is InChI=1S/C19H13N3O2S2/c1-24-16-7-6-11(9-17-18(23)22-19(25)26-17)8-12(16)15-10-20-13-4-2-3-5-14(13)21-15/h2-10H,1H3,(H,22,23,25)/b17-9-. The molecule has 1 amide bonds. The molecule has 3 aromatic rings. The van der Waals surface area contributed by atoms with Crippen LogP contribution in [-0.4, -0.2) is 27.3 Å². The Morgan fingerprint density at radius 2 is 2.00 bits per heavy atom. The van der Waals surface area contributed by atoms with Crippen LogP contribution in [0, 0.1) is 0 Å². The largest absolute Gasteiger partial charge is 0.496 e. The molecule has 0 saturated carbocycles. The summed E-state index contributed by atoms with van der Waals surface area (Å²) in [5.74, 6) is 0.513. The first-order valence-electron chi connectivity index (χ1n) is 7.79. The third kappa shape index (κ3) is 3.18. The second-order valence-electron chi connectivity index (χ2n) is 5.56. The molecule has 0 bridgehead atoms. The molecule has 128 valence electrons. The summed E-state index contributed by atoms with van der Waals surface area (Å²) in [5, 5.41) is 2.62. The van der Waals surface area contributed by atoms with Gasteiger partial charge >= 0.3 is 0 Å². The van der Waals surface area contributed by atoms with Crippen LogP contribution in [0.2, 0.25) is 0 Å². The summed E-state index contributed by atoms with van der Waals surface area (Å²) in [7, 11) is 1.62. The van der Waals surface area contributed by atoms with E-state index >= 15 is 0 Å². The lowest BCUT2D eigenvalue weighted by molar-refractivity contribution is -0.115. The average molecular weight is 379 g/mol. The molecule has 2 aromatic carbocycles. The predicted octanol–water partition coefficient (Wildman–Crippen LogP) is 3.79. The molecule has 0 aliphatic carbocycles. The molecule has 0 radical (unpaired) electrons. The Hall–Kier alpha value is -2.77. The molecule has 5 nitrogen and oxygen atoms in total. The minimum atomic E-state index is -0.178. The van der Waals surface area contributed by atoms with E-state index in [0.717, 1.165) is 22.2 Å². The minimum Gasteiger partial charge on any atom is -0.496 e. The molecule has 1 aliphatic rings. The van der Waals surface area contributed by atoms with E-state index in [4.69, 9.17) is 17.0 Å². The maximum atomic E-state index is 11.9. The number of carbonyl (C=O) groups excluding carboxylic acids is 1. The van der Waals surface area contributed by atoms with Crippen molar-refractivity contribution in [2.75, 3.05) is 7.11 Å². The smallest absolute Gasteiger partial charge is 0.263 e. The number of methoxy groups -OCH3 is 1. The van der Waals surface area contributed by atoms with Crippen molar-refractivity contribution in [2.45, 2.75) is 0 Å². The number of aromatic nitrogens is 2. The molecule has 1 saturated heterocycles. The van der Waals surface area contributed by atoms with Crippen LogP contribution in [0.3, 0.4) is 0 Å². The molecular formula is C19H13N3O2S2. The fourth-order valence-corrected chi connectivity index (χ4v) is 3.72. The number of amides is 1. The van der Waals surface area contributed by atoms with Crippen molar-refractivity contribution in [2.24, 2.45) is 0 Å². The Morgan fingerprint density at radius 1 is 1.19 bits per heavy atom. The summed E-state index contributed by atoms with van der Waals surface area (Å²) in [6, 6.07) is 13.4. The number of thiocarbonyl (C=S) groups is 1. The SMILES string of the molecule is COc1ccc(/C=C2\SC(=S)NC2=O)cc1-c1cnc2ccccc2n1. The highest BCUT2D eigenvalue weighted by Gasteiger charge is 2.22. The van der Waals surface area contributed by atoms with Gasteiger partial charge in [-0.3, -0.25) is 9.78 Å². The lowest BCUT2D eigenvalue weighted by Crippen LogP contribution is -2.17. The van der Waals surface area contributed by atoms with E-state index in [1.54, 1.807) is 19.4 Å². The molecule has 26 heavy (non-hydrogen) atoms. The van der Waals surface area contributed by atoms with Crippen molar-refractivity contribution in [3.8, 4) is 17.0 Å². The Morgan fingerprint density at radius 3 is 2.73 bits per heavy atom. The van der Waals surface area contributed by atoms with Crippen LogP contribution < -0.4 is 10.1 Å². The van der Waals surface area contributed by atoms with Crippen molar-refractivity contribution in [3.63, 3.8) is 0 Å². The molecule has 4 rings (SSSR count). The molecule has 2 heterocycles. The van der Waals surface area contributed by atoms with Gasteiger partial charge in [0.1, 0.15) is 10.1 Å². The molecule has 1 aromatic heterocycles. The predicted molar refractivity (Wildman–Crippen MR) is 108 cm³/mol. The molecule has 7 heteroatoms. The Bertz CT molecular complexity index is 1080.